The molecule has 0 radical (unpaired) electrons. The van der Waals surface area contributed by atoms with Crippen molar-refractivity contribution in [1.82, 2.24) is 25.1 Å². The monoisotopic (exact) mass is 384 g/mol. The van der Waals surface area contributed by atoms with Crippen LogP contribution >= 0.6 is 0 Å². The van der Waals surface area contributed by atoms with Crippen LogP contribution in [0.15, 0.2) is 67.0 Å². The molecular weight excluding hydrogens is 364 g/mol. The van der Waals surface area contributed by atoms with Gasteiger partial charge in [-0.25, -0.2) is 9.97 Å². The smallest absolute Gasteiger partial charge is 0.272 e. The van der Waals surface area contributed by atoms with Gasteiger partial charge in [-0.15, -0.1) is 0 Å². The average Bonchev–Trinajstić information content (AvgIpc) is 3.29. The summed E-state index contributed by atoms with van der Waals surface area (Å²) in [6.07, 6.45) is 3.47. The summed E-state index contributed by atoms with van der Waals surface area (Å²) in [7, 11) is 0. The number of nitrogens with one attached hydrogen (secondary N) is 1. The Morgan fingerprint density at radius 3 is 2.48 bits per heavy atom. The van der Waals surface area contributed by atoms with Crippen LogP contribution < -0.4 is 4.90 Å². The molecule has 5 rings (SSSR count). The summed E-state index contributed by atoms with van der Waals surface area (Å²) in [5.74, 6) is 0.678. The van der Waals surface area contributed by atoms with Gasteiger partial charge in [0.2, 0.25) is 5.95 Å². The van der Waals surface area contributed by atoms with Crippen LogP contribution in [0.1, 0.15) is 10.5 Å². The maximum Gasteiger partial charge on any atom is 0.272 e. The molecule has 0 saturated carbocycles. The Labute approximate surface area is 168 Å². The zero-order chi connectivity index (χ0) is 19.6. The zero-order valence-corrected chi connectivity index (χ0v) is 15.8. The fraction of sp³-hybridized carbons (Fsp3) is 0.182. The average molecular weight is 384 g/mol. The van der Waals surface area contributed by atoms with Crippen LogP contribution in [0.4, 0.5) is 5.95 Å². The number of nitrogens with zero attached hydrogens (tertiary/aromatic N) is 5. The number of carbonyl (C=O) groups excluding carboxylic acids is 1. The molecule has 1 N–H and O–H groups in total. The second-order valence-electron chi connectivity index (χ2n) is 7.02. The summed E-state index contributed by atoms with van der Waals surface area (Å²) in [6, 6.07) is 18.0. The topological polar surface area (TPSA) is 78.0 Å². The summed E-state index contributed by atoms with van der Waals surface area (Å²) in [4.78, 5) is 25.5. The third-order valence-corrected chi connectivity index (χ3v) is 5.28. The van der Waals surface area contributed by atoms with E-state index >= 15 is 0 Å². The summed E-state index contributed by atoms with van der Waals surface area (Å²) >= 11 is 0. The summed E-state index contributed by atoms with van der Waals surface area (Å²) in [5, 5.41) is 9.62. The maximum absolute atomic E-state index is 13.0. The normalized spacial score (nSPS) is 14.3. The first kappa shape index (κ1) is 17.4. The van der Waals surface area contributed by atoms with Gasteiger partial charge in [0.1, 0.15) is 5.69 Å². The predicted molar refractivity (Wildman–Crippen MR) is 112 cm³/mol. The number of fused-ring (bicyclic) bond motifs is 1. The number of H-pyrrole nitrogens is 1. The number of benzene rings is 2. The van der Waals surface area contributed by atoms with E-state index in [1.54, 1.807) is 18.5 Å². The fourth-order valence-corrected chi connectivity index (χ4v) is 3.75. The van der Waals surface area contributed by atoms with Gasteiger partial charge in [-0.3, -0.25) is 9.89 Å². The quantitative estimate of drug-likeness (QED) is 0.588. The predicted octanol–water partition coefficient (Wildman–Crippen LogP) is 2.98. The van der Waals surface area contributed by atoms with Crippen molar-refractivity contribution in [3.8, 4) is 11.3 Å². The Hall–Kier alpha value is -3.74. The summed E-state index contributed by atoms with van der Waals surface area (Å²) < 4.78 is 0. The number of hydrogen-bond acceptors (Lipinski definition) is 5. The van der Waals surface area contributed by atoms with E-state index in [9.17, 15) is 4.79 Å². The van der Waals surface area contributed by atoms with Gasteiger partial charge in [0, 0.05) is 44.1 Å². The maximum atomic E-state index is 13.0. The molecule has 3 heterocycles. The SMILES string of the molecule is O=C(c1cc(-c2cccc3ccccc23)n[nH]1)N1CCN(c2ncccn2)CC1. The van der Waals surface area contributed by atoms with Crippen LogP contribution in [0.2, 0.25) is 0 Å². The molecule has 2 aromatic carbocycles. The molecule has 0 unspecified atom stereocenters. The molecule has 7 heteroatoms. The molecule has 0 aliphatic carbocycles. The molecule has 4 aromatic rings. The molecule has 1 aliphatic rings. The Morgan fingerprint density at radius 1 is 0.897 bits per heavy atom. The molecule has 144 valence electrons. The standard InChI is InChI=1S/C22H20N6O/c29-21(27-11-13-28(14-12-27)22-23-9-4-10-24-22)20-15-19(25-26-20)18-8-3-6-16-5-1-2-7-17(16)18/h1-10,15H,11-14H2,(H,25,26). The number of hydrogen-bond donors (Lipinski definition) is 1. The van der Waals surface area contributed by atoms with E-state index in [4.69, 9.17) is 0 Å². The third kappa shape index (κ3) is 3.31. The van der Waals surface area contributed by atoms with Crippen molar-refractivity contribution in [3.05, 3.63) is 72.7 Å². The minimum Gasteiger partial charge on any atom is -0.337 e. The number of aromatic amines is 1. The van der Waals surface area contributed by atoms with Crippen LogP contribution in [0.5, 0.6) is 0 Å². The number of carbonyl (C=O) groups is 1. The molecule has 1 saturated heterocycles. The minimum absolute atomic E-state index is 0.0300. The van der Waals surface area contributed by atoms with Gasteiger partial charge in [-0.1, -0.05) is 42.5 Å². The van der Waals surface area contributed by atoms with E-state index in [-0.39, 0.29) is 5.91 Å². The van der Waals surface area contributed by atoms with E-state index in [0.717, 1.165) is 22.0 Å². The highest BCUT2D eigenvalue weighted by molar-refractivity contribution is 5.98. The number of amides is 1. The first-order valence-corrected chi connectivity index (χ1v) is 9.64. The lowest BCUT2D eigenvalue weighted by molar-refractivity contribution is 0.0740. The van der Waals surface area contributed by atoms with Crippen molar-refractivity contribution < 1.29 is 4.79 Å². The Morgan fingerprint density at radius 2 is 1.66 bits per heavy atom. The Kier molecular flexibility index (Phi) is 4.40. The van der Waals surface area contributed by atoms with Crippen molar-refractivity contribution in [2.45, 2.75) is 0 Å². The molecule has 1 aliphatic heterocycles. The minimum atomic E-state index is -0.0300. The molecule has 0 spiro atoms. The van der Waals surface area contributed by atoms with E-state index in [2.05, 4.69) is 43.3 Å². The van der Waals surface area contributed by atoms with Crippen LogP contribution in [0.25, 0.3) is 22.0 Å². The van der Waals surface area contributed by atoms with Gasteiger partial charge in [-0.2, -0.15) is 5.10 Å². The lowest BCUT2D eigenvalue weighted by Gasteiger charge is -2.34. The number of piperazine rings is 1. The lowest BCUT2D eigenvalue weighted by atomic mass is 10.0. The number of rotatable bonds is 3. The van der Waals surface area contributed by atoms with Crippen molar-refractivity contribution in [2.24, 2.45) is 0 Å². The Bertz CT molecular complexity index is 1140. The highest BCUT2D eigenvalue weighted by atomic mass is 16.2. The largest absolute Gasteiger partial charge is 0.337 e. The van der Waals surface area contributed by atoms with Gasteiger partial charge in [0.05, 0.1) is 5.69 Å². The van der Waals surface area contributed by atoms with Crippen molar-refractivity contribution in [3.63, 3.8) is 0 Å². The molecular formula is C22H20N6O. The highest BCUT2D eigenvalue weighted by Crippen LogP contribution is 2.27. The van der Waals surface area contributed by atoms with E-state index in [1.165, 1.54) is 0 Å². The van der Waals surface area contributed by atoms with E-state index < -0.39 is 0 Å². The van der Waals surface area contributed by atoms with E-state index in [0.29, 0.717) is 37.8 Å². The van der Waals surface area contributed by atoms with E-state index in [1.807, 2.05) is 35.2 Å². The third-order valence-electron chi connectivity index (χ3n) is 5.28. The molecule has 7 nitrogen and oxygen atoms in total. The van der Waals surface area contributed by atoms with Gasteiger partial charge < -0.3 is 9.80 Å². The highest BCUT2D eigenvalue weighted by Gasteiger charge is 2.24. The summed E-state index contributed by atoms with van der Waals surface area (Å²) in [6.45, 7) is 2.67. The fourth-order valence-electron chi connectivity index (χ4n) is 3.75. The molecule has 0 bridgehead atoms. The number of aromatic nitrogens is 4. The van der Waals surface area contributed by atoms with Crippen molar-refractivity contribution in [1.29, 1.82) is 0 Å². The van der Waals surface area contributed by atoms with Gasteiger partial charge in [0.25, 0.3) is 5.91 Å². The second-order valence-corrected chi connectivity index (χ2v) is 7.02. The molecule has 1 amide bonds. The van der Waals surface area contributed by atoms with Gasteiger partial charge in [0.15, 0.2) is 0 Å². The second kappa shape index (κ2) is 7.35. The molecule has 0 atom stereocenters. The van der Waals surface area contributed by atoms with Crippen LogP contribution in [-0.2, 0) is 0 Å². The van der Waals surface area contributed by atoms with Crippen molar-refractivity contribution >= 4 is 22.6 Å². The first-order valence-electron chi connectivity index (χ1n) is 9.64. The van der Waals surface area contributed by atoms with Gasteiger partial charge >= 0.3 is 0 Å². The lowest BCUT2D eigenvalue weighted by Crippen LogP contribution is -2.49. The zero-order valence-electron chi connectivity index (χ0n) is 15.8. The number of anilines is 1. The molecule has 1 fully saturated rings. The Balaban J connectivity index is 1.33. The molecule has 2 aromatic heterocycles. The van der Waals surface area contributed by atoms with Gasteiger partial charge in [-0.05, 0) is 22.9 Å². The first-order chi connectivity index (χ1) is 14.3. The van der Waals surface area contributed by atoms with Crippen LogP contribution in [0, 0.1) is 0 Å². The van der Waals surface area contributed by atoms with Crippen LogP contribution in [-0.4, -0.2) is 57.2 Å². The summed E-state index contributed by atoms with van der Waals surface area (Å²) in [5.41, 5.74) is 2.31. The molecule has 29 heavy (non-hydrogen) atoms. The van der Waals surface area contributed by atoms with Crippen LogP contribution in [0.3, 0.4) is 0 Å². The van der Waals surface area contributed by atoms with Crippen molar-refractivity contribution in [2.75, 3.05) is 31.1 Å².